The summed E-state index contributed by atoms with van der Waals surface area (Å²) in [4.78, 5) is 12.0. The Bertz CT molecular complexity index is 552. The van der Waals surface area contributed by atoms with Crippen molar-refractivity contribution in [3.63, 3.8) is 0 Å². The highest BCUT2D eigenvalue weighted by Gasteiger charge is 2.15. The second kappa shape index (κ2) is 6.88. The Labute approximate surface area is 117 Å². The molecule has 5 nitrogen and oxygen atoms in total. The number of amides is 1. The van der Waals surface area contributed by atoms with Crippen LogP contribution in [-0.2, 0) is 22.7 Å². The summed E-state index contributed by atoms with van der Waals surface area (Å²) in [6.45, 7) is 2.33. The molecule has 1 atom stereocenters. The number of nitrogens with two attached hydrogens (primary N) is 1. The smallest absolute Gasteiger partial charge is 0.253 e. The Morgan fingerprint density at radius 1 is 1.35 bits per heavy atom. The number of carbonyl (C=O) groups excluding carboxylic acids is 1. The molecule has 0 fully saturated rings. The Kier molecular flexibility index (Phi) is 4.92. The van der Waals surface area contributed by atoms with Gasteiger partial charge in [0.1, 0.15) is 18.5 Å². The summed E-state index contributed by atoms with van der Waals surface area (Å²) in [5.41, 5.74) is 7.23. The first-order chi connectivity index (χ1) is 9.70. The molecule has 2 aromatic rings. The topological polar surface area (TPSA) is 77.5 Å². The molecular weight excluding hydrogens is 256 g/mol. The Balaban J connectivity index is 1.90. The highest BCUT2D eigenvalue weighted by Crippen LogP contribution is 2.15. The third-order valence-corrected chi connectivity index (χ3v) is 2.92. The molecule has 106 valence electrons. The maximum Gasteiger partial charge on any atom is 0.253 e. The van der Waals surface area contributed by atoms with Crippen LogP contribution in [0, 0.1) is 0 Å². The van der Waals surface area contributed by atoms with E-state index in [9.17, 15) is 4.79 Å². The van der Waals surface area contributed by atoms with Crippen molar-refractivity contribution in [3.05, 3.63) is 54.0 Å². The van der Waals surface area contributed by atoms with Crippen LogP contribution in [0.25, 0.3) is 0 Å². The lowest BCUT2D eigenvalue weighted by atomic mass is 10.1. The summed E-state index contributed by atoms with van der Waals surface area (Å²) in [5.74, 6) is 0.476. The molecular formula is C15H18N2O3. The summed E-state index contributed by atoms with van der Waals surface area (Å²) in [7, 11) is 0. The second-order valence-corrected chi connectivity index (χ2v) is 4.38. The van der Waals surface area contributed by atoms with Crippen molar-refractivity contribution in [3.8, 4) is 0 Å². The highest BCUT2D eigenvalue weighted by atomic mass is 16.5. The molecule has 3 N–H and O–H groups in total. The van der Waals surface area contributed by atoms with E-state index in [0.717, 1.165) is 5.56 Å². The molecule has 0 aliphatic carbocycles. The number of anilines is 1. The van der Waals surface area contributed by atoms with Crippen LogP contribution in [0.15, 0.2) is 47.1 Å². The van der Waals surface area contributed by atoms with Gasteiger partial charge in [-0.15, -0.1) is 0 Å². The van der Waals surface area contributed by atoms with Gasteiger partial charge in [0, 0.05) is 12.2 Å². The summed E-state index contributed by atoms with van der Waals surface area (Å²) >= 11 is 0. The van der Waals surface area contributed by atoms with E-state index in [2.05, 4.69) is 5.32 Å². The monoisotopic (exact) mass is 274 g/mol. The quantitative estimate of drug-likeness (QED) is 0.847. The van der Waals surface area contributed by atoms with Gasteiger partial charge in [-0.2, -0.15) is 0 Å². The molecule has 1 amide bonds. The molecule has 2 rings (SSSR count). The van der Waals surface area contributed by atoms with Crippen LogP contribution in [0.4, 0.5) is 5.69 Å². The van der Waals surface area contributed by atoms with Crippen molar-refractivity contribution in [2.24, 2.45) is 5.73 Å². The third kappa shape index (κ3) is 3.69. The predicted octanol–water partition coefficient (Wildman–Crippen LogP) is 2.28. The second-order valence-electron chi connectivity index (χ2n) is 4.38. The van der Waals surface area contributed by atoms with Crippen LogP contribution in [0.2, 0.25) is 0 Å². The van der Waals surface area contributed by atoms with Crippen molar-refractivity contribution in [2.45, 2.75) is 26.2 Å². The van der Waals surface area contributed by atoms with E-state index in [1.54, 1.807) is 25.3 Å². The summed E-state index contributed by atoms with van der Waals surface area (Å²) in [6, 6.07) is 11.0. The summed E-state index contributed by atoms with van der Waals surface area (Å²) in [5, 5.41) is 2.82. The third-order valence-electron chi connectivity index (χ3n) is 2.92. The molecule has 1 unspecified atom stereocenters. The molecule has 0 spiro atoms. The van der Waals surface area contributed by atoms with Gasteiger partial charge in [0.2, 0.25) is 0 Å². The van der Waals surface area contributed by atoms with Crippen LogP contribution in [0.3, 0.4) is 0 Å². The van der Waals surface area contributed by atoms with E-state index in [1.165, 1.54) is 0 Å². The zero-order chi connectivity index (χ0) is 14.4. The minimum absolute atomic E-state index is 0.211. The van der Waals surface area contributed by atoms with Gasteiger partial charge in [0.05, 0.1) is 6.26 Å². The van der Waals surface area contributed by atoms with Crippen LogP contribution in [-0.4, -0.2) is 12.0 Å². The summed E-state index contributed by atoms with van der Waals surface area (Å²) < 4.78 is 10.6. The molecule has 0 radical (unpaired) electrons. The standard InChI is InChI=1S/C15H18N2O3/c1-11(20-10-13-6-4-8-19-13)15(18)17-14-7-3-2-5-12(14)9-16/h2-8,11H,9-10,16H2,1H3,(H,17,18). The normalized spacial score (nSPS) is 12.1. The van der Waals surface area contributed by atoms with Gasteiger partial charge < -0.3 is 20.2 Å². The fourth-order valence-electron chi connectivity index (χ4n) is 1.73. The Morgan fingerprint density at radius 2 is 2.15 bits per heavy atom. The lowest BCUT2D eigenvalue weighted by Crippen LogP contribution is -2.28. The molecule has 0 saturated carbocycles. The maximum atomic E-state index is 12.0. The van der Waals surface area contributed by atoms with Gasteiger partial charge in [-0.1, -0.05) is 18.2 Å². The largest absolute Gasteiger partial charge is 0.467 e. The highest BCUT2D eigenvalue weighted by molar-refractivity contribution is 5.94. The number of hydrogen-bond acceptors (Lipinski definition) is 4. The van der Waals surface area contributed by atoms with Crippen LogP contribution >= 0.6 is 0 Å². The number of rotatable bonds is 6. The maximum absolute atomic E-state index is 12.0. The van der Waals surface area contributed by atoms with Crippen molar-refractivity contribution >= 4 is 11.6 Å². The fraction of sp³-hybridized carbons (Fsp3) is 0.267. The van der Waals surface area contributed by atoms with Crippen LogP contribution in [0.5, 0.6) is 0 Å². The molecule has 0 aliphatic rings. The molecule has 5 heteroatoms. The van der Waals surface area contributed by atoms with Crippen LogP contribution < -0.4 is 11.1 Å². The van der Waals surface area contributed by atoms with E-state index < -0.39 is 6.10 Å². The number of carbonyl (C=O) groups is 1. The van der Waals surface area contributed by atoms with E-state index in [0.29, 0.717) is 18.0 Å². The van der Waals surface area contributed by atoms with Crippen molar-refractivity contribution in [1.29, 1.82) is 0 Å². The average Bonchev–Trinajstić information content (AvgIpc) is 2.98. The Hall–Kier alpha value is -2.11. The number of hydrogen-bond donors (Lipinski definition) is 2. The van der Waals surface area contributed by atoms with Gasteiger partial charge in [-0.05, 0) is 30.7 Å². The van der Waals surface area contributed by atoms with Crippen molar-refractivity contribution in [1.82, 2.24) is 0 Å². The van der Waals surface area contributed by atoms with Crippen molar-refractivity contribution < 1.29 is 13.9 Å². The van der Waals surface area contributed by atoms with Crippen LogP contribution in [0.1, 0.15) is 18.2 Å². The van der Waals surface area contributed by atoms with Gasteiger partial charge in [-0.25, -0.2) is 0 Å². The average molecular weight is 274 g/mol. The first-order valence-electron chi connectivity index (χ1n) is 6.43. The molecule has 0 saturated heterocycles. The zero-order valence-electron chi connectivity index (χ0n) is 11.3. The molecule has 1 heterocycles. The minimum Gasteiger partial charge on any atom is -0.467 e. The molecule has 1 aromatic carbocycles. The molecule has 0 aliphatic heterocycles. The number of furan rings is 1. The zero-order valence-corrected chi connectivity index (χ0v) is 11.3. The molecule has 20 heavy (non-hydrogen) atoms. The van der Waals surface area contributed by atoms with E-state index >= 15 is 0 Å². The van der Waals surface area contributed by atoms with E-state index in [4.69, 9.17) is 14.9 Å². The van der Waals surface area contributed by atoms with Gasteiger partial charge in [0.15, 0.2) is 0 Å². The molecule has 0 bridgehead atoms. The SMILES string of the molecule is CC(OCc1ccco1)C(=O)Nc1ccccc1CN. The first-order valence-corrected chi connectivity index (χ1v) is 6.43. The van der Waals surface area contributed by atoms with E-state index in [-0.39, 0.29) is 12.5 Å². The van der Waals surface area contributed by atoms with Crippen molar-refractivity contribution in [2.75, 3.05) is 5.32 Å². The number of ether oxygens (including phenoxy) is 1. The van der Waals surface area contributed by atoms with Gasteiger partial charge in [-0.3, -0.25) is 4.79 Å². The van der Waals surface area contributed by atoms with Gasteiger partial charge in [0.25, 0.3) is 5.91 Å². The number of para-hydroxylation sites is 1. The molecule has 1 aromatic heterocycles. The number of nitrogens with one attached hydrogen (secondary N) is 1. The fourth-order valence-corrected chi connectivity index (χ4v) is 1.73. The lowest BCUT2D eigenvalue weighted by Gasteiger charge is -2.14. The predicted molar refractivity (Wildman–Crippen MR) is 75.9 cm³/mol. The summed E-state index contributed by atoms with van der Waals surface area (Å²) in [6.07, 6.45) is 0.993. The lowest BCUT2D eigenvalue weighted by molar-refractivity contribution is -0.127. The first kappa shape index (κ1) is 14.3. The van der Waals surface area contributed by atoms with Gasteiger partial charge >= 0.3 is 0 Å². The number of benzene rings is 1. The minimum atomic E-state index is -0.578. The van der Waals surface area contributed by atoms with E-state index in [1.807, 2.05) is 24.3 Å². The Morgan fingerprint density at radius 3 is 2.85 bits per heavy atom.